The first-order chi connectivity index (χ1) is 3.93. The molecule has 0 saturated carbocycles. The predicted molar refractivity (Wildman–Crippen MR) is 28.5 cm³/mol. The van der Waals surface area contributed by atoms with E-state index in [9.17, 15) is 0 Å². The summed E-state index contributed by atoms with van der Waals surface area (Å²) in [5.74, 6) is 0. The summed E-state index contributed by atoms with van der Waals surface area (Å²) in [7, 11) is 0. The van der Waals surface area contributed by atoms with Crippen molar-refractivity contribution in [2.45, 2.75) is 0 Å². The Hall–Kier alpha value is -0.474. The van der Waals surface area contributed by atoms with Crippen LogP contribution in [0.2, 0.25) is 0 Å². The molecule has 2 heteroatoms. The predicted octanol–water partition coefficient (Wildman–Crippen LogP) is 2.05. The van der Waals surface area contributed by atoms with Crippen LogP contribution in [-0.2, 0) is 15.5 Å². The molecule has 0 N–H and O–H groups in total. The van der Waals surface area contributed by atoms with Crippen LogP contribution in [0.4, 0.5) is 5.69 Å². The first kappa shape index (κ1) is 5.66. The summed E-state index contributed by atoms with van der Waals surface area (Å²) in [6.07, 6.45) is 0. The van der Waals surface area contributed by atoms with Gasteiger partial charge in [0.25, 0.3) is 0 Å². The molecule has 0 amide bonds. The molecule has 0 heterocycles. The van der Waals surface area contributed by atoms with Gasteiger partial charge in [0.15, 0.2) is 0 Å². The SMILES string of the molecule is [Co]=[N]c1ccccc1. The summed E-state index contributed by atoms with van der Waals surface area (Å²) in [5.41, 5.74) is 0.896. The molecule has 43 valence electrons. The molecule has 0 bridgehead atoms. The number of rotatable bonds is 1. The van der Waals surface area contributed by atoms with E-state index in [0.29, 0.717) is 0 Å². The van der Waals surface area contributed by atoms with Gasteiger partial charge in [-0.2, -0.15) is 0 Å². The van der Waals surface area contributed by atoms with Gasteiger partial charge in [-0.1, -0.05) is 0 Å². The molecule has 0 saturated heterocycles. The summed E-state index contributed by atoms with van der Waals surface area (Å²) in [4.78, 5) is 0. The van der Waals surface area contributed by atoms with E-state index in [1.807, 2.05) is 30.3 Å². The van der Waals surface area contributed by atoms with Crippen molar-refractivity contribution in [3.63, 3.8) is 0 Å². The Bertz CT molecular complexity index is 171. The molecule has 0 fully saturated rings. The van der Waals surface area contributed by atoms with Crippen LogP contribution in [0.1, 0.15) is 0 Å². The molecule has 8 heavy (non-hydrogen) atoms. The first-order valence-corrected chi connectivity index (χ1v) is 2.75. The zero-order valence-corrected chi connectivity index (χ0v) is 5.21. The quantitative estimate of drug-likeness (QED) is 0.580. The van der Waals surface area contributed by atoms with Gasteiger partial charge in [-0.25, -0.2) is 0 Å². The second-order valence-corrected chi connectivity index (χ2v) is 1.64. The van der Waals surface area contributed by atoms with Crippen molar-refractivity contribution in [2.24, 2.45) is 4.00 Å². The van der Waals surface area contributed by atoms with E-state index in [2.05, 4.69) is 19.5 Å². The Morgan fingerprint density at radius 2 is 1.75 bits per heavy atom. The molecule has 0 aromatic heterocycles. The van der Waals surface area contributed by atoms with Crippen LogP contribution in [0.25, 0.3) is 0 Å². The van der Waals surface area contributed by atoms with Gasteiger partial charge in [-0.15, -0.1) is 0 Å². The molecule has 1 nitrogen and oxygen atoms in total. The van der Waals surface area contributed by atoms with Gasteiger partial charge in [0.2, 0.25) is 0 Å². The molecule has 1 rings (SSSR count). The van der Waals surface area contributed by atoms with Crippen LogP contribution in [-0.4, -0.2) is 0 Å². The van der Waals surface area contributed by atoms with Crippen molar-refractivity contribution >= 4 is 5.69 Å². The van der Waals surface area contributed by atoms with E-state index in [4.69, 9.17) is 0 Å². The van der Waals surface area contributed by atoms with Crippen LogP contribution in [0.15, 0.2) is 34.3 Å². The van der Waals surface area contributed by atoms with E-state index >= 15 is 0 Å². The summed E-state index contributed by atoms with van der Waals surface area (Å²) in [6, 6.07) is 9.58. The Morgan fingerprint density at radius 1 is 1.12 bits per heavy atom. The molecule has 0 aliphatic heterocycles. The van der Waals surface area contributed by atoms with Gasteiger partial charge in [0.1, 0.15) is 0 Å². The van der Waals surface area contributed by atoms with Gasteiger partial charge in [0.05, 0.1) is 0 Å². The van der Waals surface area contributed by atoms with E-state index in [1.165, 1.54) is 0 Å². The van der Waals surface area contributed by atoms with Crippen molar-refractivity contribution in [3.8, 4) is 0 Å². The molecular formula is C6H5CoN. The van der Waals surface area contributed by atoms with Crippen molar-refractivity contribution in [2.75, 3.05) is 0 Å². The molecular weight excluding hydrogens is 145 g/mol. The Kier molecular flexibility index (Phi) is 1.94. The third-order valence-electron chi connectivity index (χ3n) is 0.842. The molecule has 0 aliphatic carbocycles. The van der Waals surface area contributed by atoms with E-state index < -0.39 is 0 Å². The van der Waals surface area contributed by atoms with Crippen LogP contribution < -0.4 is 0 Å². The van der Waals surface area contributed by atoms with Crippen molar-refractivity contribution < 1.29 is 15.5 Å². The number of nitrogens with zero attached hydrogens (tertiary/aromatic N) is 1. The van der Waals surface area contributed by atoms with Crippen molar-refractivity contribution in [3.05, 3.63) is 30.3 Å². The third-order valence-corrected chi connectivity index (χ3v) is 1.11. The summed E-state index contributed by atoms with van der Waals surface area (Å²) < 4.78 is 3.66. The average Bonchev–Trinajstić information content (AvgIpc) is 1.90. The molecule has 0 unspecified atom stereocenters. The van der Waals surface area contributed by atoms with Gasteiger partial charge >= 0.3 is 55.6 Å². The van der Waals surface area contributed by atoms with Gasteiger partial charge in [-0.05, 0) is 0 Å². The first-order valence-electron chi connectivity index (χ1n) is 2.28. The van der Waals surface area contributed by atoms with E-state index in [1.54, 1.807) is 0 Å². The maximum absolute atomic E-state index is 3.78. The number of hydrogen-bond acceptors (Lipinski definition) is 1. The minimum atomic E-state index is 0.896. The van der Waals surface area contributed by atoms with E-state index in [0.717, 1.165) is 5.69 Å². The fourth-order valence-electron chi connectivity index (χ4n) is 0.478. The zero-order valence-electron chi connectivity index (χ0n) is 4.17. The Morgan fingerprint density at radius 3 is 2.12 bits per heavy atom. The maximum atomic E-state index is 3.78. The molecule has 0 spiro atoms. The fourth-order valence-corrected chi connectivity index (χ4v) is 0.633. The number of hydrogen-bond donors (Lipinski definition) is 0. The van der Waals surface area contributed by atoms with Gasteiger partial charge in [-0.3, -0.25) is 0 Å². The van der Waals surface area contributed by atoms with Gasteiger partial charge < -0.3 is 0 Å². The van der Waals surface area contributed by atoms with Crippen molar-refractivity contribution in [1.82, 2.24) is 0 Å². The molecule has 1 aromatic rings. The van der Waals surface area contributed by atoms with Crippen LogP contribution in [0.3, 0.4) is 0 Å². The van der Waals surface area contributed by atoms with Crippen molar-refractivity contribution in [1.29, 1.82) is 0 Å². The van der Waals surface area contributed by atoms with Crippen LogP contribution >= 0.6 is 0 Å². The summed E-state index contributed by atoms with van der Waals surface area (Å²) in [5, 5.41) is 0. The second-order valence-electron chi connectivity index (χ2n) is 1.41. The summed E-state index contributed by atoms with van der Waals surface area (Å²) >= 11 is 3.78. The van der Waals surface area contributed by atoms with Gasteiger partial charge in [0, 0.05) is 0 Å². The molecule has 0 aliphatic rings. The molecule has 0 radical (unpaired) electrons. The zero-order chi connectivity index (χ0) is 5.82. The second kappa shape index (κ2) is 2.74. The topological polar surface area (TPSA) is 12.4 Å². The molecule has 0 atom stereocenters. The molecule has 1 aromatic carbocycles. The average molecular weight is 150 g/mol. The normalized spacial score (nSPS) is 8.62. The summed E-state index contributed by atoms with van der Waals surface area (Å²) in [6.45, 7) is 0. The Balaban J connectivity index is 2.99. The number of benzene rings is 1. The van der Waals surface area contributed by atoms with Crippen LogP contribution in [0, 0.1) is 0 Å². The van der Waals surface area contributed by atoms with Crippen LogP contribution in [0.5, 0.6) is 0 Å². The fraction of sp³-hybridized carbons (Fsp3) is 0. The third kappa shape index (κ3) is 1.25. The minimum absolute atomic E-state index is 0.896. The van der Waals surface area contributed by atoms with E-state index in [-0.39, 0.29) is 0 Å². The monoisotopic (exact) mass is 150 g/mol. The Labute approximate surface area is 56.1 Å². The standard InChI is InChI=1S/C6H5N.Co/c7-6-4-2-1-3-5-6;/h1-5H;.